The third kappa shape index (κ3) is 4.93. The van der Waals surface area contributed by atoms with Crippen LogP contribution in [-0.2, 0) is 16.6 Å². The van der Waals surface area contributed by atoms with E-state index in [1.165, 1.54) is 30.8 Å². The maximum Gasteiger partial charge on any atom is 0.251 e. The Balaban J connectivity index is 1.43. The summed E-state index contributed by atoms with van der Waals surface area (Å²) in [6.45, 7) is 1.88. The Labute approximate surface area is 185 Å². The second-order valence-electron chi connectivity index (χ2n) is 7.06. The summed E-state index contributed by atoms with van der Waals surface area (Å²) in [5, 5.41) is 6.98. The van der Waals surface area contributed by atoms with Crippen LogP contribution in [0.15, 0.2) is 88.9 Å². The van der Waals surface area contributed by atoms with E-state index in [2.05, 4.69) is 20.1 Å². The van der Waals surface area contributed by atoms with Crippen molar-refractivity contribution in [3.63, 3.8) is 0 Å². The molecule has 0 aliphatic heterocycles. The van der Waals surface area contributed by atoms with E-state index in [0.29, 0.717) is 5.76 Å². The molecule has 0 fully saturated rings. The van der Waals surface area contributed by atoms with Gasteiger partial charge in [0.2, 0.25) is 10.0 Å². The lowest BCUT2D eigenvalue weighted by Crippen LogP contribution is -2.27. The molecule has 0 spiro atoms. The Morgan fingerprint density at radius 1 is 1.12 bits per heavy atom. The van der Waals surface area contributed by atoms with Gasteiger partial charge in [-0.15, -0.1) is 0 Å². The van der Waals surface area contributed by atoms with Crippen LogP contribution < -0.4 is 10.0 Å². The van der Waals surface area contributed by atoms with E-state index in [1.54, 1.807) is 29.2 Å². The van der Waals surface area contributed by atoms with E-state index in [9.17, 15) is 13.2 Å². The fourth-order valence-corrected chi connectivity index (χ4v) is 4.13. The van der Waals surface area contributed by atoms with Crippen LogP contribution in [0.3, 0.4) is 0 Å². The summed E-state index contributed by atoms with van der Waals surface area (Å²) in [6, 6.07) is 16.5. The molecule has 1 atom stereocenters. The van der Waals surface area contributed by atoms with Gasteiger partial charge in [-0.1, -0.05) is 18.2 Å². The highest BCUT2D eigenvalue weighted by atomic mass is 32.2. The van der Waals surface area contributed by atoms with Crippen LogP contribution in [0, 0.1) is 0 Å². The van der Waals surface area contributed by atoms with Gasteiger partial charge in [0, 0.05) is 5.56 Å². The number of nitrogens with zero attached hydrogens (tertiary/aromatic N) is 3. The number of carbonyl (C=O) groups excluding carboxylic acids is 1. The van der Waals surface area contributed by atoms with E-state index >= 15 is 0 Å². The van der Waals surface area contributed by atoms with E-state index in [4.69, 9.17) is 4.42 Å². The van der Waals surface area contributed by atoms with Crippen molar-refractivity contribution < 1.29 is 17.6 Å². The molecule has 4 aromatic rings. The van der Waals surface area contributed by atoms with Crippen molar-refractivity contribution in [3.8, 4) is 5.69 Å². The smallest absolute Gasteiger partial charge is 0.251 e. The highest BCUT2D eigenvalue weighted by molar-refractivity contribution is 7.89. The minimum absolute atomic E-state index is 0.00143. The minimum Gasteiger partial charge on any atom is -0.468 e. The zero-order valence-corrected chi connectivity index (χ0v) is 18.0. The Bertz CT molecular complexity index is 1280. The number of amides is 1. The Hall–Kier alpha value is -3.76. The van der Waals surface area contributed by atoms with Gasteiger partial charge in [-0.2, -0.15) is 5.10 Å². The molecule has 1 unspecified atom stereocenters. The van der Waals surface area contributed by atoms with Crippen molar-refractivity contribution in [1.29, 1.82) is 0 Å². The fraction of sp³-hybridized carbons (Fsp3) is 0.136. The molecule has 164 valence electrons. The van der Waals surface area contributed by atoms with Gasteiger partial charge in [0.25, 0.3) is 5.91 Å². The molecular formula is C22H21N5O4S. The zero-order chi connectivity index (χ0) is 22.6. The number of sulfonamides is 1. The van der Waals surface area contributed by atoms with Crippen molar-refractivity contribution in [3.05, 3.63) is 96.5 Å². The maximum absolute atomic E-state index is 12.7. The fourth-order valence-electron chi connectivity index (χ4n) is 3.09. The van der Waals surface area contributed by atoms with E-state index in [0.717, 1.165) is 11.3 Å². The second-order valence-corrected chi connectivity index (χ2v) is 8.83. The summed E-state index contributed by atoms with van der Waals surface area (Å²) in [7, 11) is -3.80. The van der Waals surface area contributed by atoms with Gasteiger partial charge in [0.15, 0.2) is 0 Å². The molecule has 0 saturated heterocycles. The quantitative estimate of drug-likeness (QED) is 0.425. The molecule has 32 heavy (non-hydrogen) atoms. The van der Waals surface area contributed by atoms with Gasteiger partial charge in [-0.3, -0.25) is 4.79 Å². The van der Waals surface area contributed by atoms with Crippen molar-refractivity contribution in [1.82, 2.24) is 24.8 Å². The average Bonchev–Trinajstić information content (AvgIpc) is 3.52. The molecule has 9 nitrogen and oxygen atoms in total. The number of rotatable bonds is 8. The van der Waals surface area contributed by atoms with Crippen LogP contribution in [-0.4, -0.2) is 29.1 Å². The predicted molar refractivity (Wildman–Crippen MR) is 116 cm³/mol. The average molecular weight is 452 g/mol. The first-order valence-electron chi connectivity index (χ1n) is 9.80. The molecule has 0 bridgehead atoms. The summed E-state index contributed by atoms with van der Waals surface area (Å²) in [5.41, 5.74) is 1.99. The lowest BCUT2D eigenvalue weighted by Gasteiger charge is -2.15. The lowest BCUT2D eigenvalue weighted by molar-refractivity contribution is 0.0939. The Morgan fingerprint density at radius 3 is 2.62 bits per heavy atom. The Morgan fingerprint density at radius 2 is 1.94 bits per heavy atom. The predicted octanol–water partition coefficient (Wildman–Crippen LogP) is 2.83. The van der Waals surface area contributed by atoms with Crippen molar-refractivity contribution in [2.45, 2.75) is 24.4 Å². The van der Waals surface area contributed by atoms with E-state index in [1.807, 2.05) is 31.2 Å². The third-order valence-electron chi connectivity index (χ3n) is 4.85. The first-order valence-corrected chi connectivity index (χ1v) is 11.3. The van der Waals surface area contributed by atoms with Gasteiger partial charge >= 0.3 is 0 Å². The SMILES string of the molecule is CC(NC(=O)c1cccc(S(=O)(=O)NCc2ccco2)c1)c1ccc(-n2cncn2)cc1. The van der Waals surface area contributed by atoms with Gasteiger partial charge in [0.05, 0.1) is 29.4 Å². The van der Waals surface area contributed by atoms with Crippen LogP contribution in [0.2, 0.25) is 0 Å². The highest BCUT2D eigenvalue weighted by Gasteiger charge is 2.18. The van der Waals surface area contributed by atoms with E-state index in [-0.39, 0.29) is 29.0 Å². The molecule has 2 aromatic heterocycles. The van der Waals surface area contributed by atoms with E-state index < -0.39 is 10.0 Å². The molecule has 1 amide bonds. The number of benzene rings is 2. The van der Waals surface area contributed by atoms with Crippen LogP contribution in [0.1, 0.15) is 34.6 Å². The van der Waals surface area contributed by atoms with Crippen molar-refractivity contribution in [2.24, 2.45) is 0 Å². The molecule has 0 radical (unpaired) electrons. The van der Waals surface area contributed by atoms with Gasteiger partial charge < -0.3 is 9.73 Å². The molecule has 0 aliphatic rings. The van der Waals surface area contributed by atoms with Gasteiger partial charge in [0.1, 0.15) is 18.4 Å². The number of hydrogen-bond acceptors (Lipinski definition) is 6. The number of carbonyl (C=O) groups is 1. The summed E-state index contributed by atoms with van der Waals surface area (Å²) < 4.78 is 34.4. The van der Waals surface area contributed by atoms with Crippen LogP contribution in [0.5, 0.6) is 0 Å². The molecular weight excluding hydrogens is 430 g/mol. The van der Waals surface area contributed by atoms with Crippen LogP contribution in [0.4, 0.5) is 0 Å². The minimum atomic E-state index is -3.80. The number of nitrogens with one attached hydrogen (secondary N) is 2. The largest absolute Gasteiger partial charge is 0.468 e. The van der Waals surface area contributed by atoms with Gasteiger partial charge in [-0.05, 0) is 55.0 Å². The van der Waals surface area contributed by atoms with Gasteiger partial charge in [-0.25, -0.2) is 22.8 Å². The van der Waals surface area contributed by atoms with Crippen molar-refractivity contribution >= 4 is 15.9 Å². The number of hydrogen-bond donors (Lipinski definition) is 2. The summed E-state index contributed by atoms with van der Waals surface area (Å²) in [6.07, 6.45) is 4.53. The number of aromatic nitrogens is 3. The Kier molecular flexibility index (Phi) is 6.15. The molecule has 2 heterocycles. The molecule has 0 aliphatic carbocycles. The molecule has 2 N–H and O–H groups in total. The lowest BCUT2D eigenvalue weighted by atomic mass is 10.1. The first kappa shape index (κ1) is 21.5. The summed E-state index contributed by atoms with van der Waals surface area (Å²) in [4.78, 5) is 16.7. The molecule has 2 aromatic carbocycles. The number of furan rings is 1. The summed E-state index contributed by atoms with van der Waals surface area (Å²) in [5.74, 6) is 0.118. The summed E-state index contributed by atoms with van der Waals surface area (Å²) >= 11 is 0. The second kappa shape index (κ2) is 9.16. The maximum atomic E-state index is 12.7. The normalized spacial score (nSPS) is 12.4. The van der Waals surface area contributed by atoms with Crippen LogP contribution in [0.25, 0.3) is 5.69 Å². The van der Waals surface area contributed by atoms with Crippen molar-refractivity contribution in [2.75, 3.05) is 0 Å². The third-order valence-corrected chi connectivity index (χ3v) is 6.25. The first-order chi connectivity index (χ1) is 15.4. The monoisotopic (exact) mass is 451 g/mol. The van der Waals surface area contributed by atoms with Crippen LogP contribution >= 0.6 is 0 Å². The zero-order valence-electron chi connectivity index (χ0n) is 17.2. The molecule has 4 rings (SSSR count). The molecule has 10 heteroatoms. The standard InChI is InChI=1S/C22H21N5O4S/c1-16(17-7-9-19(10-8-17)27-15-23-14-24-27)26-22(28)18-4-2-6-21(12-18)32(29,30)25-13-20-5-3-11-31-20/h2-12,14-16,25H,13H2,1H3,(H,26,28). The highest BCUT2D eigenvalue weighted by Crippen LogP contribution is 2.17. The topological polar surface area (TPSA) is 119 Å². The molecule has 0 saturated carbocycles.